The maximum absolute atomic E-state index is 11.8. The summed E-state index contributed by atoms with van der Waals surface area (Å²) in [5.41, 5.74) is 0.526. The van der Waals surface area contributed by atoms with Crippen molar-refractivity contribution >= 4 is 11.9 Å². The minimum Gasteiger partial charge on any atom is -0.463 e. The van der Waals surface area contributed by atoms with E-state index in [9.17, 15) is 9.59 Å². The highest BCUT2D eigenvalue weighted by Gasteiger charge is 2.38. The highest BCUT2D eigenvalue weighted by atomic mass is 16.5. The normalized spacial score (nSPS) is 29.1. The zero-order chi connectivity index (χ0) is 22.0. The van der Waals surface area contributed by atoms with E-state index in [1.165, 1.54) is 57.4 Å². The maximum Gasteiger partial charge on any atom is 0.333 e. The summed E-state index contributed by atoms with van der Waals surface area (Å²) in [6, 6.07) is 0. The molecule has 0 bridgehead atoms. The van der Waals surface area contributed by atoms with Crippen molar-refractivity contribution in [1.82, 2.24) is 0 Å². The summed E-state index contributed by atoms with van der Waals surface area (Å²) >= 11 is 0. The van der Waals surface area contributed by atoms with Gasteiger partial charge in [-0.1, -0.05) is 45.8 Å². The lowest BCUT2D eigenvalue weighted by Gasteiger charge is -2.44. The van der Waals surface area contributed by atoms with Crippen molar-refractivity contribution < 1.29 is 19.1 Å². The molecule has 4 heteroatoms. The molecular weight excluding hydrogens is 376 g/mol. The molecule has 0 heterocycles. The summed E-state index contributed by atoms with van der Waals surface area (Å²) in [5.74, 6) is 1.99. The Morgan fingerprint density at radius 3 is 2.07 bits per heavy atom. The second kappa shape index (κ2) is 12.3. The van der Waals surface area contributed by atoms with Crippen molar-refractivity contribution in [3.05, 3.63) is 24.8 Å². The van der Waals surface area contributed by atoms with E-state index >= 15 is 0 Å². The van der Waals surface area contributed by atoms with Crippen LogP contribution in [0.15, 0.2) is 24.8 Å². The molecule has 0 aromatic heterocycles. The Labute approximate surface area is 183 Å². The second-order valence-corrected chi connectivity index (χ2v) is 9.69. The molecule has 4 nitrogen and oxygen atoms in total. The molecule has 2 aliphatic rings. The van der Waals surface area contributed by atoms with Gasteiger partial charge in [0, 0.05) is 11.6 Å². The fourth-order valence-electron chi connectivity index (χ4n) is 5.62. The van der Waals surface area contributed by atoms with Crippen LogP contribution in [0.5, 0.6) is 0 Å². The summed E-state index contributed by atoms with van der Waals surface area (Å²) < 4.78 is 10.7. The molecule has 0 saturated heterocycles. The van der Waals surface area contributed by atoms with Gasteiger partial charge in [0.1, 0.15) is 0 Å². The molecule has 0 N–H and O–H groups in total. The minimum atomic E-state index is -0.364. The standard InChI is InChI=1S/C26H42O4/c1-5-7-21-8-10-22(11-9-21)23-12-14-26(15-13-23,16-18-29-24(27)6-2)17-19-30-25(28)20(3)4/h6,21-23H,2-3,5,7-19H2,1,4H3. The van der Waals surface area contributed by atoms with Crippen molar-refractivity contribution in [2.75, 3.05) is 13.2 Å². The molecule has 0 unspecified atom stereocenters. The Hall–Kier alpha value is -1.58. The van der Waals surface area contributed by atoms with Crippen LogP contribution in [0.4, 0.5) is 0 Å². The first kappa shape index (κ1) is 24.7. The largest absolute Gasteiger partial charge is 0.463 e. The number of carbonyl (C=O) groups excluding carboxylic acids is 2. The van der Waals surface area contributed by atoms with Crippen molar-refractivity contribution in [3.63, 3.8) is 0 Å². The van der Waals surface area contributed by atoms with Crippen LogP contribution in [0.3, 0.4) is 0 Å². The van der Waals surface area contributed by atoms with Gasteiger partial charge in [0.25, 0.3) is 0 Å². The Morgan fingerprint density at radius 1 is 0.967 bits per heavy atom. The molecular formula is C26H42O4. The van der Waals surface area contributed by atoms with E-state index in [-0.39, 0.29) is 17.4 Å². The highest BCUT2D eigenvalue weighted by Crippen LogP contribution is 2.49. The van der Waals surface area contributed by atoms with Crippen LogP contribution in [0.25, 0.3) is 0 Å². The third-order valence-corrected chi connectivity index (χ3v) is 7.60. The van der Waals surface area contributed by atoms with Crippen molar-refractivity contribution in [3.8, 4) is 0 Å². The average Bonchev–Trinajstić information content (AvgIpc) is 2.75. The van der Waals surface area contributed by atoms with Gasteiger partial charge in [-0.05, 0) is 81.5 Å². The molecule has 2 fully saturated rings. The van der Waals surface area contributed by atoms with Gasteiger partial charge in [-0.2, -0.15) is 0 Å². The Bertz CT molecular complexity index is 578. The van der Waals surface area contributed by atoms with Crippen LogP contribution in [-0.4, -0.2) is 25.2 Å². The maximum atomic E-state index is 11.8. The van der Waals surface area contributed by atoms with Crippen molar-refractivity contribution in [2.45, 2.75) is 90.9 Å². The molecule has 2 rings (SSSR count). The van der Waals surface area contributed by atoms with Gasteiger partial charge in [-0.25, -0.2) is 9.59 Å². The summed E-state index contributed by atoms with van der Waals surface area (Å²) in [4.78, 5) is 23.2. The lowest BCUT2D eigenvalue weighted by Crippen LogP contribution is -2.34. The fourth-order valence-corrected chi connectivity index (χ4v) is 5.62. The first-order valence-electron chi connectivity index (χ1n) is 12.0. The van der Waals surface area contributed by atoms with Gasteiger partial charge in [0.2, 0.25) is 0 Å². The quantitative estimate of drug-likeness (QED) is 0.288. The third kappa shape index (κ3) is 7.59. The number of hydrogen-bond acceptors (Lipinski definition) is 4. The number of carbonyl (C=O) groups is 2. The number of rotatable bonds is 11. The fraction of sp³-hybridized carbons (Fsp3) is 0.769. The monoisotopic (exact) mass is 418 g/mol. The van der Waals surface area contributed by atoms with Gasteiger partial charge in [-0.15, -0.1) is 0 Å². The summed E-state index contributed by atoms with van der Waals surface area (Å²) in [6.45, 7) is 11.9. The topological polar surface area (TPSA) is 52.6 Å². The molecule has 0 aliphatic heterocycles. The van der Waals surface area contributed by atoms with Crippen molar-refractivity contribution in [2.24, 2.45) is 23.2 Å². The summed E-state index contributed by atoms with van der Waals surface area (Å²) in [7, 11) is 0. The van der Waals surface area contributed by atoms with E-state index in [0.29, 0.717) is 18.8 Å². The Morgan fingerprint density at radius 2 is 1.53 bits per heavy atom. The molecule has 0 radical (unpaired) electrons. The van der Waals surface area contributed by atoms with Gasteiger partial charge in [0.15, 0.2) is 0 Å². The number of hydrogen-bond donors (Lipinski definition) is 0. The van der Waals surface area contributed by atoms with Gasteiger partial charge >= 0.3 is 11.9 Å². The van der Waals surface area contributed by atoms with E-state index in [0.717, 1.165) is 43.4 Å². The number of ether oxygens (including phenoxy) is 2. The van der Waals surface area contributed by atoms with E-state index in [2.05, 4.69) is 20.1 Å². The lowest BCUT2D eigenvalue weighted by atomic mass is 9.62. The molecule has 0 aromatic rings. The summed E-state index contributed by atoms with van der Waals surface area (Å²) in [6.07, 6.45) is 15.9. The first-order chi connectivity index (χ1) is 14.4. The van der Waals surface area contributed by atoms with Crippen LogP contribution >= 0.6 is 0 Å². The molecule has 0 amide bonds. The highest BCUT2D eigenvalue weighted by molar-refractivity contribution is 5.86. The molecule has 170 valence electrons. The molecule has 0 atom stereocenters. The molecule has 0 spiro atoms. The predicted octanol–water partition coefficient (Wildman–Crippen LogP) is 6.40. The van der Waals surface area contributed by atoms with Crippen LogP contribution in [0.1, 0.15) is 90.9 Å². The van der Waals surface area contributed by atoms with Crippen LogP contribution < -0.4 is 0 Å². The smallest absolute Gasteiger partial charge is 0.333 e. The van der Waals surface area contributed by atoms with Crippen LogP contribution in [0, 0.1) is 23.2 Å². The van der Waals surface area contributed by atoms with E-state index in [1.807, 2.05) is 0 Å². The van der Waals surface area contributed by atoms with Gasteiger partial charge < -0.3 is 9.47 Å². The van der Waals surface area contributed by atoms with Gasteiger partial charge in [-0.3, -0.25) is 0 Å². The van der Waals surface area contributed by atoms with Crippen LogP contribution in [-0.2, 0) is 19.1 Å². The summed E-state index contributed by atoms with van der Waals surface area (Å²) in [5, 5.41) is 0. The minimum absolute atomic E-state index is 0.0900. The lowest BCUT2D eigenvalue weighted by molar-refractivity contribution is -0.140. The molecule has 0 aromatic carbocycles. The third-order valence-electron chi connectivity index (χ3n) is 7.60. The molecule has 2 saturated carbocycles. The SMILES string of the molecule is C=CC(=O)OCCC1(CCOC(=O)C(=C)C)CCC(C2CCC(CCC)CC2)CC1. The van der Waals surface area contributed by atoms with E-state index < -0.39 is 0 Å². The van der Waals surface area contributed by atoms with E-state index in [4.69, 9.17) is 9.47 Å². The van der Waals surface area contributed by atoms with Crippen LogP contribution in [0.2, 0.25) is 0 Å². The molecule has 30 heavy (non-hydrogen) atoms. The second-order valence-electron chi connectivity index (χ2n) is 9.69. The first-order valence-corrected chi connectivity index (χ1v) is 12.0. The molecule has 2 aliphatic carbocycles. The number of esters is 2. The zero-order valence-electron chi connectivity index (χ0n) is 19.3. The zero-order valence-corrected chi connectivity index (χ0v) is 19.3. The Kier molecular flexibility index (Phi) is 10.1. The average molecular weight is 419 g/mol. The predicted molar refractivity (Wildman–Crippen MR) is 121 cm³/mol. The van der Waals surface area contributed by atoms with E-state index in [1.54, 1.807) is 6.92 Å². The Balaban J connectivity index is 1.87. The van der Waals surface area contributed by atoms with Crippen molar-refractivity contribution in [1.29, 1.82) is 0 Å². The van der Waals surface area contributed by atoms with Gasteiger partial charge in [0.05, 0.1) is 13.2 Å².